The number of anilines is 1. The molecule has 0 aliphatic heterocycles. The first-order chi connectivity index (χ1) is 9.15. The van der Waals surface area contributed by atoms with Crippen LogP contribution in [-0.2, 0) is 6.42 Å². The Hall–Kier alpha value is -1.59. The number of carbonyl (C=O) groups is 1. The molecule has 4 nitrogen and oxygen atoms in total. The number of nitrogens with zero attached hydrogens (tertiary/aromatic N) is 2. The highest BCUT2D eigenvalue weighted by molar-refractivity contribution is 7.09. The molecule has 1 aromatic heterocycles. The van der Waals surface area contributed by atoms with Crippen molar-refractivity contribution in [2.75, 3.05) is 18.9 Å². The summed E-state index contributed by atoms with van der Waals surface area (Å²) in [5, 5.41) is 6.43. The topological polar surface area (TPSA) is 45.2 Å². The van der Waals surface area contributed by atoms with Crippen molar-refractivity contribution in [2.24, 2.45) is 0 Å². The molecule has 1 N–H and O–H groups in total. The van der Waals surface area contributed by atoms with Gasteiger partial charge in [0.15, 0.2) is 0 Å². The summed E-state index contributed by atoms with van der Waals surface area (Å²) < 4.78 is 0. The summed E-state index contributed by atoms with van der Waals surface area (Å²) in [5.41, 5.74) is 0.732. The van der Waals surface area contributed by atoms with Crippen molar-refractivity contribution in [1.82, 2.24) is 9.88 Å². The van der Waals surface area contributed by atoms with Gasteiger partial charge in [0.2, 0.25) is 0 Å². The highest BCUT2D eigenvalue weighted by Crippen LogP contribution is 2.14. The molecule has 6 heteroatoms. The van der Waals surface area contributed by atoms with Crippen molar-refractivity contribution in [3.8, 4) is 0 Å². The van der Waals surface area contributed by atoms with Gasteiger partial charge in [-0.3, -0.25) is 0 Å². The Bertz CT molecular complexity index is 527. The molecule has 0 fully saturated rings. The standard InChI is InChI=1S/C13H14ClN3OS/c1-17(8-6-12-15-7-9-19-12)13(18)16-11-4-2-10(14)3-5-11/h2-5,7,9H,6,8H2,1H3,(H,16,18). The van der Waals surface area contributed by atoms with E-state index in [1.807, 2.05) is 5.38 Å². The molecule has 2 rings (SSSR count). The molecule has 0 atom stereocenters. The number of rotatable bonds is 4. The molecule has 0 saturated heterocycles. The molecule has 0 unspecified atom stereocenters. The van der Waals surface area contributed by atoms with Gasteiger partial charge >= 0.3 is 6.03 Å². The van der Waals surface area contributed by atoms with E-state index < -0.39 is 0 Å². The van der Waals surface area contributed by atoms with Crippen LogP contribution >= 0.6 is 22.9 Å². The Morgan fingerprint density at radius 1 is 1.42 bits per heavy atom. The van der Waals surface area contributed by atoms with Gasteiger partial charge in [0.1, 0.15) is 0 Å². The molecular formula is C13H14ClN3OS. The number of thiazole rings is 1. The number of aromatic nitrogens is 1. The lowest BCUT2D eigenvalue weighted by atomic mass is 10.3. The third-order valence-electron chi connectivity index (χ3n) is 2.59. The lowest BCUT2D eigenvalue weighted by molar-refractivity contribution is 0.223. The van der Waals surface area contributed by atoms with Gasteiger partial charge in [-0.25, -0.2) is 9.78 Å². The van der Waals surface area contributed by atoms with Crippen LogP contribution in [0.1, 0.15) is 5.01 Å². The van der Waals surface area contributed by atoms with Gasteiger partial charge in [-0.05, 0) is 24.3 Å². The second kappa shape index (κ2) is 6.54. The number of likely N-dealkylation sites (N-methyl/N-ethyl adjacent to an activating group) is 1. The molecule has 0 bridgehead atoms. The Labute approximate surface area is 121 Å². The van der Waals surface area contributed by atoms with Gasteiger partial charge in [-0.2, -0.15) is 0 Å². The van der Waals surface area contributed by atoms with Crippen LogP contribution in [0.25, 0.3) is 0 Å². The minimum Gasteiger partial charge on any atom is -0.327 e. The van der Waals surface area contributed by atoms with Crippen LogP contribution in [-0.4, -0.2) is 29.5 Å². The summed E-state index contributed by atoms with van der Waals surface area (Å²) >= 11 is 7.39. The number of nitrogens with one attached hydrogen (secondary N) is 1. The number of halogens is 1. The van der Waals surface area contributed by atoms with Crippen LogP contribution in [0.4, 0.5) is 10.5 Å². The number of hydrogen-bond donors (Lipinski definition) is 1. The molecule has 1 heterocycles. The van der Waals surface area contributed by atoms with E-state index in [0.29, 0.717) is 11.6 Å². The number of hydrogen-bond acceptors (Lipinski definition) is 3. The second-order valence-corrected chi connectivity index (χ2v) is 5.45. The summed E-state index contributed by atoms with van der Waals surface area (Å²) in [6, 6.07) is 6.89. The largest absolute Gasteiger partial charge is 0.327 e. The molecule has 1 aromatic carbocycles. The van der Waals surface area contributed by atoms with E-state index in [1.54, 1.807) is 53.7 Å². The first-order valence-corrected chi connectivity index (χ1v) is 7.07. The first kappa shape index (κ1) is 13.8. The van der Waals surface area contributed by atoms with Crippen molar-refractivity contribution >= 4 is 34.7 Å². The Balaban J connectivity index is 1.83. The minimum atomic E-state index is -0.140. The zero-order chi connectivity index (χ0) is 13.7. The van der Waals surface area contributed by atoms with Crippen molar-refractivity contribution in [2.45, 2.75) is 6.42 Å². The minimum absolute atomic E-state index is 0.140. The summed E-state index contributed by atoms with van der Waals surface area (Å²) in [6.45, 7) is 0.632. The van der Waals surface area contributed by atoms with Crippen molar-refractivity contribution < 1.29 is 4.79 Å². The van der Waals surface area contributed by atoms with Crippen LogP contribution in [0.3, 0.4) is 0 Å². The first-order valence-electron chi connectivity index (χ1n) is 5.81. The van der Waals surface area contributed by atoms with Crippen LogP contribution in [0.15, 0.2) is 35.8 Å². The quantitative estimate of drug-likeness (QED) is 0.938. The monoisotopic (exact) mass is 295 g/mol. The molecular weight excluding hydrogens is 282 g/mol. The molecule has 0 aliphatic rings. The zero-order valence-electron chi connectivity index (χ0n) is 10.5. The van der Waals surface area contributed by atoms with Gasteiger partial charge in [-0.15, -0.1) is 11.3 Å². The Kier molecular flexibility index (Phi) is 4.76. The van der Waals surface area contributed by atoms with Crippen LogP contribution in [0, 0.1) is 0 Å². The van der Waals surface area contributed by atoms with E-state index in [4.69, 9.17) is 11.6 Å². The molecule has 100 valence electrons. The Morgan fingerprint density at radius 2 is 2.16 bits per heavy atom. The Morgan fingerprint density at radius 3 is 2.79 bits per heavy atom. The number of amides is 2. The zero-order valence-corrected chi connectivity index (χ0v) is 12.0. The molecule has 0 saturated carbocycles. The van der Waals surface area contributed by atoms with E-state index in [1.165, 1.54) is 0 Å². The number of carbonyl (C=O) groups excluding carboxylic acids is 1. The summed E-state index contributed by atoms with van der Waals surface area (Å²) in [5.74, 6) is 0. The second-order valence-electron chi connectivity index (χ2n) is 4.03. The molecule has 19 heavy (non-hydrogen) atoms. The van der Waals surface area contributed by atoms with Crippen LogP contribution < -0.4 is 5.32 Å². The lowest BCUT2D eigenvalue weighted by Crippen LogP contribution is -2.32. The fourth-order valence-corrected chi connectivity index (χ4v) is 2.23. The molecule has 0 radical (unpaired) electrons. The summed E-state index contributed by atoms with van der Waals surface area (Å²) in [7, 11) is 1.76. The SMILES string of the molecule is CN(CCc1nccs1)C(=O)Nc1ccc(Cl)cc1. The third kappa shape index (κ3) is 4.22. The maximum absolute atomic E-state index is 11.9. The van der Waals surface area contributed by atoms with Crippen LogP contribution in [0.2, 0.25) is 5.02 Å². The number of benzene rings is 1. The van der Waals surface area contributed by atoms with E-state index in [0.717, 1.165) is 17.1 Å². The fourth-order valence-electron chi connectivity index (χ4n) is 1.49. The number of urea groups is 1. The van der Waals surface area contributed by atoms with E-state index >= 15 is 0 Å². The van der Waals surface area contributed by atoms with Gasteiger partial charge in [-0.1, -0.05) is 11.6 Å². The van der Waals surface area contributed by atoms with Crippen molar-refractivity contribution in [3.63, 3.8) is 0 Å². The van der Waals surface area contributed by atoms with Crippen molar-refractivity contribution in [3.05, 3.63) is 45.9 Å². The van der Waals surface area contributed by atoms with Gasteiger partial charge in [0.25, 0.3) is 0 Å². The normalized spacial score (nSPS) is 10.2. The third-order valence-corrected chi connectivity index (χ3v) is 3.68. The predicted molar refractivity (Wildman–Crippen MR) is 78.9 cm³/mol. The van der Waals surface area contributed by atoms with Crippen molar-refractivity contribution in [1.29, 1.82) is 0 Å². The van der Waals surface area contributed by atoms with E-state index in [2.05, 4.69) is 10.3 Å². The predicted octanol–water partition coefficient (Wildman–Crippen LogP) is 3.50. The highest BCUT2D eigenvalue weighted by Gasteiger charge is 2.09. The molecule has 0 spiro atoms. The maximum atomic E-state index is 11.9. The van der Waals surface area contributed by atoms with Gasteiger partial charge in [0, 0.05) is 42.3 Å². The van der Waals surface area contributed by atoms with E-state index in [-0.39, 0.29) is 6.03 Å². The molecule has 2 aromatic rings. The smallest absolute Gasteiger partial charge is 0.321 e. The fraction of sp³-hybridized carbons (Fsp3) is 0.231. The molecule has 0 aliphatic carbocycles. The van der Waals surface area contributed by atoms with Crippen LogP contribution in [0.5, 0.6) is 0 Å². The summed E-state index contributed by atoms with van der Waals surface area (Å²) in [6.07, 6.45) is 2.54. The molecule has 2 amide bonds. The average Bonchev–Trinajstić information content (AvgIpc) is 2.91. The average molecular weight is 296 g/mol. The van der Waals surface area contributed by atoms with E-state index in [9.17, 15) is 4.79 Å². The highest BCUT2D eigenvalue weighted by atomic mass is 35.5. The summed E-state index contributed by atoms with van der Waals surface area (Å²) in [4.78, 5) is 17.7. The van der Waals surface area contributed by atoms with Gasteiger partial charge < -0.3 is 10.2 Å². The lowest BCUT2D eigenvalue weighted by Gasteiger charge is -2.17. The maximum Gasteiger partial charge on any atom is 0.321 e. The van der Waals surface area contributed by atoms with Gasteiger partial charge in [0.05, 0.1) is 5.01 Å².